The zero-order chi connectivity index (χ0) is 23.4. The Morgan fingerprint density at radius 1 is 1.09 bits per heavy atom. The normalized spacial score (nSPS) is 14.9. The van der Waals surface area contributed by atoms with Crippen LogP contribution in [0.4, 0.5) is 0 Å². The van der Waals surface area contributed by atoms with Crippen LogP contribution in [0.1, 0.15) is 44.9 Å². The van der Waals surface area contributed by atoms with Crippen molar-refractivity contribution in [2.24, 2.45) is 5.41 Å². The van der Waals surface area contributed by atoms with Crippen LogP contribution in [-0.2, 0) is 21.2 Å². The number of benzene rings is 1. The third-order valence-electron chi connectivity index (χ3n) is 5.39. The number of sulfonamides is 1. The predicted octanol–water partition coefficient (Wildman–Crippen LogP) is 2.73. The highest BCUT2D eigenvalue weighted by Crippen LogP contribution is 2.25. The van der Waals surface area contributed by atoms with E-state index in [1.165, 1.54) is 6.33 Å². The molecule has 1 saturated heterocycles. The molecular formula is C23H31N5O3S. The maximum atomic E-state index is 12.8. The zero-order valence-electron chi connectivity index (χ0n) is 19.1. The number of rotatable bonds is 6. The van der Waals surface area contributed by atoms with Crippen molar-refractivity contribution in [3.63, 3.8) is 0 Å². The predicted molar refractivity (Wildman–Crippen MR) is 123 cm³/mol. The molecule has 9 heteroatoms. The van der Waals surface area contributed by atoms with Crippen LogP contribution in [0.2, 0.25) is 0 Å². The summed E-state index contributed by atoms with van der Waals surface area (Å²) in [6.07, 6.45) is 4.90. The van der Waals surface area contributed by atoms with E-state index in [9.17, 15) is 13.2 Å². The zero-order valence-corrected chi connectivity index (χ0v) is 19.9. The summed E-state index contributed by atoms with van der Waals surface area (Å²) in [6.45, 7) is 8.87. The molecule has 0 saturated carbocycles. The number of carbonyl (C=O) groups is 1. The molecule has 1 aromatic heterocycles. The Morgan fingerprint density at radius 2 is 1.75 bits per heavy atom. The van der Waals surface area contributed by atoms with Gasteiger partial charge in [-0.25, -0.2) is 18.4 Å². The van der Waals surface area contributed by atoms with E-state index in [2.05, 4.69) is 20.2 Å². The third kappa shape index (κ3) is 6.14. The summed E-state index contributed by atoms with van der Waals surface area (Å²) >= 11 is 0. The van der Waals surface area contributed by atoms with Gasteiger partial charge in [-0.3, -0.25) is 4.79 Å². The molecule has 0 aliphatic carbocycles. The molecule has 2 aromatic rings. The summed E-state index contributed by atoms with van der Waals surface area (Å²) < 4.78 is 25.5. The number of hydrazine groups is 1. The summed E-state index contributed by atoms with van der Waals surface area (Å²) in [5, 5.41) is 0. The van der Waals surface area contributed by atoms with E-state index < -0.39 is 15.4 Å². The van der Waals surface area contributed by atoms with Gasteiger partial charge in [0.2, 0.25) is 5.91 Å². The molecule has 8 nitrogen and oxygen atoms in total. The van der Waals surface area contributed by atoms with Crippen LogP contribution < -0.4 is 10.3 Å². The van der Waals surface area contributed by atoms with Crippen molar-refractivity contribution in [3.05, 3.63) is 65.4 Å². The van der Waals surface area contributed by atoms with E-state index in [0.717, 1.165) is 22.5 Å². The second kappa shape index (κ2) is 9.79. The lowest BCUT2D eigenvalue weighted by Gasteiger charge is -2.34. The first-order valence-corrected chi connectivity index (χ1v) is 12.1. The molecule has 32 heavy (non-hydrogen) atoms. The molecule has 1 aliphatic heterocycles. The van der Waals surface area contributed by atoms with Gasteiger partial charge in [0.25, 0.3) is 10.0 Å². The molecule has 1 aromatic carbocycles. The van der Waals surface area contributed by atoms with Gasteiger partial charge in [0.15, 0.2) is 0 Å². The average molecular weight is 458 g/mol. The van der Waals surface area contributed by atoms with Crippen molar-refractivity contribution < 1.29 is 13.2 Å². The summed E-state index contributed by atoms with van der Waals surface area (Å²) in [5.41, 5.74) is 6.11. The minimum Gasteiger partial charge on any atom is -0.342 e. The molecular weight excluding hydrogens is 426 g/mol. The molecule has 2 N–H and O–H groups in total. The highest BCUT2D eigenvalue weighted by atomic mass is 32.2. The molecule has 2 heterocycles. The lowest BCUT2D eigenvalue weighted by molar-refractivity contribution is -0.139. The SMILES string of the molecule is Cc1ccc(S(=O)(=O)NNC(Cc2ccncn2)=C2CCN(C(=O)C(C)(C)C)CC2)cc1. The fourth-order valence-corrected chi connectivity index (χ4v) is 4.39. The van der Waals surface area contributed by atoms with Crippen molar-refractivity contribution in [1.82, 2.24) is 25.1 Å². The van der Waals surface area contributed by atoms with Crippen LogP contribution >= 0.6 is 0 Å². The Bertz CT molecular complexity index is 1060. The lowest BCUT2D eigenvalue weighted by atomic mass is 9.92. The third-order valence-corrected chi connectivity index (χ3v) is 6.65. The molecule has 0 spiro atoms. The first-order valence-electron chi connectivity index (χ1n) is 10.7. The standard InChI is InChI=1S/C23H31N5O3S/c1-17-5-7-20(8-6-17)32(30,31)27-26-21(15-19-9-12-24-16-25-19)18-10-13-28(14-11-18)22(29)23(2,3)4/h5-9,12,16,26-27H,10-11,13-15H2,1-4H3. The number of aryl methyl sites for hydroxylation is 1. The van der Waals surface area contributed by atoms with E-state index >= 15 is 0 Å². The van der Waals surface area contributed by atoms with Gasteiger partial charge in [-0.2, -0.15) is 0 Å². The van der Waals surface area contributed by atoms with E-state index in [0.29, 0.717) is 32.4 Å². The number of carbonyl (C=O) groups excluding carboxylic acids is 1. The molecule has 1 amide bonds. The minimum absolute atomic E-state index is 0.127. The second-order valence-electron chi connectivity index (χ2n) is 9.05. The van der Waals surface area contributed by atoms with Crippen molar-refractivity contribution >= 4 is 15.9 Å². The number of nitrogens with zero attached hydrogens (tertiary/aromatic N) is 3. The number of hydrogen-bond acceptors (Lipinski definition) is 6. The summed E-state index contributed by atoms with van der Waals surface area (Å²) in [7, 11) is -3.74. The van der Waals surface area contributed by atoms with E-state index in [1.54, 1.807) is 36.5 Å². The maximum Gasteiger partial charge on any atom is 0.257 e. The van der Waals surface area contributed by atoms with Crippen LogP contribution in [-0.4, -0.2) is 42.3 Å². The fraction of sp³-hybridized carbons (Fsp3) is 0.435. The second-order valence-corrected chi connectivity index (χ2v) is 10.7. The number of hydrogen-bond donors (Lipinski definition) is 2. The van der Waals surface area contributed by atoms with Gasteiger partial charge in [-0.05, 0) is 43.5 Å². The van der Waals surface area contributed by atoms with Crippen LogP contribution in [0.5, 0.6) is 0 Å². The molecule has 0 atom stereocenters. The Balaban J connectivity index is 1.78. The van der Waals surface area contributed by atoms with Gasteiger partial charge < -0.3 is 10.3 Å². The molecule has 0 radical (unpaired) electrons. The quantitative estimate of drug-likeness (QED) is 0.647. The van der Waals surface area contributed by atoms with Gasteiger partial charge >= 0.3 is 0 Å². The Labute approximate surface area is 190 Å². The van der Waals surface area contributed by atoms with Gasteiger partial charge in [-0.1, -0.05) is 38.5 Å². The first-order chi connectivity index (χ1) is 15.1. The Hall–Kier alpha value is -2.78. The molecule has 0 bridgehead atoms. The van der Waals surface area contributed by atoms with Gasteiger partial charge in [-0.15, -0.1) is 4.83 Å². The van der Waals surface area contributed by atoms with Crippen molar-refractivity contribution in [3.8, 4) is 0 Å². The lowest BCUT2D eigenvalue weighted by Crippen LogP contribution is -2.44. The average Bonchev–Trinajstić information content (AvgIpc) is 2.76. The van der Waals surface area contributed by atoms with E-state index in [1.807, 2.05) is 32.6 Å². The van der Waals surface area contributed by atoms with E-state index in [4.69, 9.17) is 0 Å². The highest BCUT2D eigenvalue weighted by molar-refractivity contribution is 7.89. The monoisotopic (exact) mass is 457 g/mol. The summed E-state index contributed by atoms with van der Waals surface area (Å²) in [5.74, 6) is 0.127. The van der Waals surface area contributed by atoms with Crippen molar-refractivity contribution in [2.45, 2.75) is 51.9 Å². The van der Waals surface area contributed by atoms with Crippen LogP contribution in [0.25, 0.3) is 0 Å². The fourth-order valence-electron chi connectivity index (χ4n) is 3.52. The van der Waals surface area contributed by atoms with Crippen LogP contribution in [0.15, 0.2) is 59.0 Å². The molecule has 1 fully saturated rings. The smallest absolute Gasteiger partial charge is 0.257 e. The molecule has 172 valence electrons. The topological polar surface area (TPSA) is 104 Å². The number of allylic oxidation sites excluding steroid dienone is 1. The van der Waals surface area contributed by atoms with E-state index in [-0.39, 0.29) is 10.8 Å². The summed E-state index contributed by atoms with van der Waals surface area (Å²) in [6, 6.07) is 8.48. The van der Waals surface area contributed by atoms with Gasteiger partial charge in [0.05, 0.1) is 4.90 Å². The van der Waals surface area contributed by atoms with Crippen molar-refractivity contribution in [2.75, 3.05) is 13.1 Å². The van der Waals surface area contributed by atoms with Crippen LogP contribution in [0.3, 0.4) is 0 Å². The minimum atomic E-state index is -3.74. The number of aromatic nitrogens is 2. The largest absolute Gasteiger partial charge is 0.342 e. The van der Waals surface area contributed by atoms with Gasteiger partial charge in [0.1, 0.15) is 6.33 Å². The Morgan fingerprint density at radius 3 is 2.31 bits per heavy atom. The number of piperidine rings is 1. The number of likely N-dealkylation sites (tertiary alicyclic amines) is 1. The highest BCUT2D eigenvalue weighted by Gasteiger charge is 2.29. The number of nitrogens with one attached hydrogen (secondary N) is 2. The molecule has 1 aliphatic rings. The Kier molecular flexibility index (Phi) is 7.30. The van der Waals surface area contributed by atoms with Crippen LogP contribution in [0, 0.1) is 12.3 Å². The molecule has 0 unspecified atom stereocenters. The summed E-state index contributed by atoms with van der Waals surface area (Å²) in [4.78, 5) is 25.4. The first kappa shape index (κ1) is 23.9. The maximum absolute atomic E-state index is 12.8. The van der Waals surface area contributed by atoms with Gasteiger partial charge in [0, 0.05) is 42.5 Å². The molecule has 3 rings (SSSR count). The van der Waals surface area contributed by atoms with Crippen molar-refractivity contribution in [1.29, 1.82) is 0 Å². The number of amides is 1.